The fourth-order valence-electron chi connectivity index (χ4n) is 3.19. The fraction of sp³-hybridized carbons (Fsp3) is 0.273. The molecule has 29 heavy (non-hydrogen) atoms. The first kappa shape index (κ1) is 20.4. The van der Waals surface area contributed by atoms with Crippen molar-refractivity contribution in [2.75, 3.05) is 6.61 Å². The maximum atomic E-state index is 13.0. The minimum Gasteiger partial charge on any atom is -0.456 e. The number of fused-ring (bicyclic) bond motifs is 1. The van der Waals surface area contributed by atoms with Crippen molar-refractivity contribution < 1.29 is 28.3 Å². The number of hydrogen-bond acceptors (Lipinski definition) is 5. The first-order valence-electron chi connectivity index (χ1n) is 9.36. The van der Waals surface area contributed by atoms with Gasteiger partial charge in [0.25, 0.3) is 11.8 Å². The van der Waals surface area contributed by atoms with Crippen molar-refractivity contribution in [2.45, 2.75) is 32.2 Å². The van der Waals surface area contributed by atoms with Crippen LogP contribution in [-0.4, -0.2) is 41.1 Å². The molecule has 0 saturated heterocycles. The van der Waals surface area contributed by atoms with Gasteiger partial charge in [0.05, 0.1) is 11.1 Å². The largest absolute Gasteiger partial charge is 0.456 e. The van der Waals surface area contributed by atoms with Crippen molar-refractivity contribution >= 4 is 23.6 Å². The number of esters is 1. The molecule has 0 aliphatic carbocycles. The number of rotatable bonds is 8. The van der Waals surface area contributed by atoms with Gasteiger partial charge in [-0.3, -0.25) is 19.3 Å². The highest BCUT2D eigenvalue weighted by molar-refractivity contribution is 6.22. The lowest BCUT2D eigenvalue weighted by molar-refractivity contribution is -0.147. The van der Waals surface area contributed by atoms with Gasteiger partial charge in [-0.2, -0.15) is 0 Å². The third-order valence-corrected chi connectivity index (χ3v) is 4.75. The van der Waals surface area contributed by atoms with E-state index < -0.39 is 42.0 Å². The van der Waals surface area contributed by atoms with Crippen molar-refractivity contribution in [1.82, 2.24) is 4.90 Å². The topological polar surface area (TPSA) is 80.8 Å². The Labute approximate surface area is 167 Å². The summed E-state index contributed by atoms with van der Waals surface area (Å²) in [4.78, 5) is 51.2. The molecule has 0 bridgehead atoms. The Morgan fingerprint density at radius 3 is 2.14 bits per heavy atom. The van der Waals surface area contributed by atoms with E-state index >= 15 is 0 Å². The lowest BCUT2D eigenvalue weighted by atomic mass is 10.1. The average Bonchev–Trinajstić information content (AvgIpc) is 2.98. The Balaban J connectivity index is 1.74. The van der Waals surface area contributed by atoms with Crippen LogP contribution in [0.2, 0.25) is 0 Å². The predicted molar refractivity (Wildman–Crippen MR) is 102 cm³/mol. The maximum absolute atomic E-state index is 13.0. The van der Waals surface area contributed by atoms with E-state index in [0.717, 1.165) is 23.5 Å². The van der Waals surface area contributed by atoms with E-state index in [2.05, 4.69) is 0 Å². The lowest BCUT2D eigenvalue weighted by Gasteiger charge is -2.24. The molecule has 0 N–H and O–H groups in total. The van der Waals surface area contributed by atoms with Gasteiger partial charge in [0.2, 0.25) is 0 Å². The van der Waals surface area contributed by atoms with Gasteiger partial charge in [-0.25, -0.2) is 9.18 Å². The van der Waals surface area contributed by atoms with Crippen molar-refractivity contribution in [3.05, 3.63) is 71.0 Å². The highest BCUT2D eigenvalue weighted by Gasteiger charge is 2.43. The summed E-state index contributed by atoms with van der Waals surface area (Å²) < 4.78 is 18.1. The zero-order valence-electron chi connectivity index (χ0n) is 15.9. The minimum absolute atomic E-state index is 0.199. The molecule has 1 aliphatic rings. The predicted octanol–water partition coefficient (Wildman–Crippen LogP) is 3.41. The van der Waals surface area contributed by atoms with Gasteiger partial charge < -0.3 is 4.74 Å². The quantitative estimate of drug-likeness (QED) is 0.387. The van der Waals surface area contributed by atoms with Crippen LogP contribution < -0.4 is 0 Å². The molecule has 2 amide bonds. The van der Waals surface area contributed by atoms with Crippen molar-refractivity contribution in [3.8, 4) is 0 Å². The Hall–Kier alpha value is -3.35. The fourth-order valence-corrected chi connectivity index (χ4v) is 3.19. The average molecular weight is 397 g/mol. The molecule has 7 heteroatoms. The Morgan fingerprint density at radius 1 is 1.00 bits per heavy atom. The van der Waals surface area contributed by atoms with Gasteiger partial charge in [-0.05, 0) is 42.8 Å². The lowest BCUT2D eigenvalue weighted by Crippen LogP contribution is -2.46. The zero-order chi connectivity index (χ0) is 21.0. The summed E-state index contributed by atoms with van der Waals surface area (Å²) in [6.07, 6.45) is 1.59. The molecule has 0 radical (unpaired) electrons. The monoisotopic (exact) mass is 397 g/mol. The molecular weight excluding hydrogens is 377 g/mol. The number of benzene rings is 2. The summed E-state index contributed by atoms with van der Waals surface area (Å²) in [6, 6.07) is 10.1. The van der Waals surface area contributed by atoms with Crippen LogP contribution >= 0.6 is 0 Å². The number of carbonyl (C=O) groups is 4. The van der Waals surface area contributed by atoms with E-state index in [1.165, 1.54) is 24.3 Å². The van der Waals surface area contributed by atoms with Crippen LogP contribution in [0.4, 0.5) is 4.39 Å². The minimum atomic E-state index is -1.11. The van der Waals surface area contributed by atoms with Crippen LogP contribution in [0.3, 0.4) is 0 Å². The van der Waals surface area contributed by atoms with Crippen LogP contribution in [0, 0.1) is 5.82 Å². The summed E-state index contributed by atoms with van der Waals surface area (Å²) in [7, 11) is 0. The van der Waals surface area contributed by atoms with Gasteiger partial charge in [-0.15, -0.1) is 0 Å². The molecule has 0 spiro atoms. The van der Waals surface area contributed by atoms with E-state index in [-0.39, 0.29) is 23.1 Å². The smallest absolute Gasteiger partial charge is 0.329 e. The molecule has 2 aromatic carbocycles. The number of carbonyl (C=O) groups excluding carboxylic acids is 4. The number of ketones is 1. The molecule has 2 aromatic rings. The maximum Gasteiger partial charge on any atom is 0.329 e. The highest BCUT2D eigenvalue weighted by Crippen LogP contribution is 2.27. The number of unbranched alkanes of at least 4 members (excludes halogenated alkanes) is 1. The number of imide groups is 1. The zero-order valence-corrected chi connectivity index (χ0v) is 15.9. The third kappa shape index (κ3) is 4.23. The summed E-state index contributed by atoms with van der Waals surface area (Å²) in [5.41, 5.74) is 0.688. The molecule has 3 rings (SSSR count). The van der Waals surface area contributed by atoms with Crippen LogP contribution in [0.1, 0.15) is 57.3 Å². The van der Waals surface area contributed by atoms with E-state index in [9.17, 15) is 23.6 Å². The normalized spacial score (nSPS) is 13.9. The second-order valence-corrected chi connectivity index (χ2v) is 6.72. The summed E-state index contributed by atoms with van der Waals surface area (Å²) in [5, 5.41) is 0. The first-order chi connectivity index (χ1) is 13.9. The van der Waals surface area contributed by atoms with Crippen LogP contribution in [-0.2, 0) is 9.53 Å². The van der Waals surface area contributed by atoms with E-state index in [4.69, 9.17) is 4.74 Å². The Kier molecular flexibility index (Phi) is 6.16. The van der Waals surface area contributed by atoms with Gasteiger partial charge in [0.1, 0.15) is 11.9 Å². The Morgan fingerprint density at radius 2 is 1.59 bits per heavy atom. The Bertz CT molecular complexity index is 919. The molecule has 150 valence electrons. The van der Waals surface area contributed by atoms with E-state index in [1.54, 1.807) is 12.1 Å². The standard InChI is InChI=1S/C22H20FNO5/c1-2-3-8-18(24-20(26)16-6-4-5-7-17(16)21(24)27)22(28)29-13-19(25)14-9-11-15(23)12-10-14/h4-7,9-12,18H,2-3,8,13H2,1H3/t18-/m1/s1. The van der Waals surface area contributed by atoms with Crippen molar-refractivity contribution in [2.24, 2.45) is 0 Å². The highest BCUT2D eigenvalue weighted by atomic mass is 19.1. The van der Waals surface area contributed by atoms with Crippen LogP contribution in [0.5, 0.6) is 0 Å². The molecule has 1 atom stereocenters. The first-order valence-corrected chi connectivity index (χ1v) is 9.36. The molecule has 0 fully saturated rings. The number of hydrogen-bond donors (Lipinski definition) is 0. The molecule has 0 saturated carbocycles. The summed E-state index contributed by atoms with van der Waals surface area (Å²) >= 11 is 0. The van der Waals surface area contributed by atoms with E-state index in [0.29, 0.717) is 6.42 Å². The molecular formula is C22H20FNO5. The number of nitrogens with zero attached hydrogens (tertiary/aromatic N) is 1. The number of Topliss-reactive ketones (excluding diaryl/α,β-unsaturated/α-hetero) is 1. The number of amides is 2. The van der Waals surface area contributed by atoms with Gasteiger partial charge in [0.15, 0.2) is 12.4 Å². The number of halogens is 1. The number of ether oxygens (including phenoxy) is 1. The second-order valence-electron chi connectivity index (χ2n) is 6.72. The van der Waals surface area contributed by atoms with E-state index in [1.807, 2.05) is 6.92 Å². The molecule has 6 nitrogen and oxygen atoms in total. The van der Waals surface area contributed by atoms with Crippen LogP contribution in [0.15, 0.2) is 48.5 Å². The van der Waals surface area contributed by atoms with Gasteiger partial charge >= 0.3 is 5.97 Å². The van der Waals surface area contributed by atoms with Crippen molar-refractivity contribution in [1.29, 1.82) is 0 Å². The van der Waals surface area contributed by atoms with Crippen molar-refractivity contribution in [3.63, 3.8) is 0 Å². The molecule has 1 heterocycles. The molecule has 0 unspecified atom stereocenters. The van der Waals surface area contributed by atoms with Gasteiger partial charge in [-0.1, -0.05) is 31.9 Å². The second kappa shape index (κ2) is 8.77. The van der Waals surface area contributed by atoms with Crippen LogP contribution in [0.25, 0.3) is 0 Å². The summed E-state index contributed by atoms with van der Waals surface area (Å²) in [5.74, 6) is -2.90. The molecule has 0 aromatic heterocycles. The summed E-state index contributed by atoms with van der Waals surface area (Å²) in [6.45, 7) is 1.36. The van der Waals surface area contributed by atoms with Gasteiger partial charge in [0, 0.05) is 5.56 Å². The SMILES string of the molecule is CCCC[C@H](C(=O)OCC(=O)c1ccc(F)cc1)N1C(=O)c2ccccc2C1=O. The third-order valence-electron chi connectivity index (χ3n) is 4.75. The molecule has 1 aliphatic heterocycles.